The fourth-order valence-electron chi connectivity index (χ4n) is 4.30. The molecule has 17 nitrogen and oxygen atoms in total. The molecule has 0 aliphatic carbocycles. The van der Waals surface area contributed by atoms with Crippen LogP contribution in [0.3, 0.4) is 0 Å². The van der Waals surface area contributed by atoms with Gasteiger partial charge in [-0.3, -0.25) is 28.2 Å². The van der Waals surface area contributed by atoms with Gasteiger partial charge in [0.2, 0.25) is 5.91 Å². The minimum absolute atomic E-state index is 0.0536. The van der Waals surface area contributed by atoms with E-state index in [9.17, 15) is 28.5 Å². The number of pyridine rings is 1. The van der Waals surface area contributed by atoms with Gasteiger partial charge in [-0.1, -0.05) is 12.1 Å². The first-order valence-corrected chi connectivity index (χ1v) is 17.0. The van der Waals surface area contributed by atoms with Crippen LogP contribution in [0.25, 0.3) is 17.0 Å². The van der Waals surface area contributed by atoms with Crippen molar-refractivity contribution in [3.63, 3.8) is 0 Å². The Morgan fingerprint density at radius 3 is 2.68 bits per heavy atom. The van der Waals surface area contributed by atoms with E-state index in [2.05, 4.69) is 20.7 Å². The smallest absolute Gasteiger partial charge is 0.462 e. The lowest BCUT2D eigenvalue weighted by atomic mass is 10.1. The first-order valence-electron chi connectivity index (χ1n) is 13.9. The lowest BCUT2D eigenvalue weighted by molar-refractivity contribution is -0.130. The third kappa shape index (κ3) is 9.25. The Morgan fingerprint density at radius 1 is 1.23 bits per heavy atom. The molecule has 1 aromatic carbocycles. The van der Waals surface area contributed by atoms with Crippen LogP contribution in [-0.2, 0) is 38.8 Å². The summed E-state index contributed by atoms with van der Waals surface area (Å²) in [6.07, 6.45) is 5.49. The quantitative estimate of drug-likeness (QED) is 0.0908. The summed E-state index contributed by atoms with van der Waals surface area (Å²) in [6.45, 7) is 0.629. The number of carbonyl (C=O) groups is 2. The average molecular weight is 688 g/mol. The van der Waals surface area contributed by atoms with Gasteiger partial charge in [0.15, 0.2) is 17.0 Å². The Morgan fingerprint density at radius 2 is 1.96 bits per heavy atom. The number of amides is 2. The van der Waals surface area contributed by atoms with Gasteiger partial charge in [-0.05, 0) is 30.7 Å². The van der Waals surface area contributed by atoms with E-state index in [0.717, 1.165) is 0 Å². The van der Waals surface area contributed by atoms with Crippen molar-refractivity contribution in [2.24, 2.45) is 0 Å². The fourth-order valence-corrected chi connectivity index (χ4v) is 6.22. The van der Waals surface area contributed by atoms with Gasteiger partial charge >= 0.3 is 15.6 Å². The summed E-state index contributed by atoms with van der Waals surface area (Å²) in [5.41, 5.74) is 0.146. The summed E-state index contributed by atoms with van der Waals surface area (Å²) in [6, 6.07) is 10.1. The van der Waals surface area contributed by atoms with Gasteiger partial charge in [0, 0.05) is 36.8 Å². The summed E-state index contributed by atoms with van der Waals surface area (Å²) >= 11 is 0. The van der Waals surface area contributed by atoms with Crippen LogP contribution in [-0.4, -0.2) is 63.9 Å². The Kier molecular flexibility index (Phi) is 11.2. The number of hydrogen-bond acceptors (Lipinski definition) is 12. The number of phosphoric acid groups is 1. The number of hydrogen-bond donors (Lipinski definition) is 5. The number of carbonyl (C=O) groups excluding carboxylic acids is 2. The number of likely N-dealkylation sites (N-methyl/N-ethyl adjacent to an activating group) is 1. The molecule has 2 amide bonds. The van der Waals surface area contributed by atoms with Crippen LogP contribution < -0.4 is 15.7 Å². The molecule has 0 saturated carbocycles. The van der Waals surface area contributed by atoms with Crippen LogP contribution in [0.1, 0.15) is 30.9 Å². The SMILES string of the molecule is CN(Cc1coc2c(NP(=O)(O)OCCC#N)cccc12)C(=O)/C=C/c1cnc2c(c1)NC[C@@](C)(OP(=O)(O)OCCC#N)C(=O)N2. The van der Waals surface area contributed by atoms with E-state index >= 15 is 0 Å². The average Bonchev–Trinajstić information content (AvgIpc) is 3.37. The maximum Gasteiger partial charge on any atom is 0.473 e. The van der Waals surface area contributed by atoms with E-state index in [1.165, 1.54) is 42.5 Å². The number of anilines is 3. The van der Waals surface area contributed by atoms with E-state index in [1.807, 2.05) is 6.07 Å². The van der Waals surface area contributed by atoms with Gasteiger partial charge in [-0.25, -0.2) is 14.1 Å². The number of fused-ring (bicyclic) bond motifs is 2. The molecule has 4 rings (SSSR count). The Balaban J connectivity index is 1.40. The number of nitrogens with zero attached hydrogens (tertiary/aromatic N) is 4. The molecule has 0 bridgehead atoms. The third-order valence-electron chi connectivity index (χ3n) is 6.65. The summed E-state index contributed by atoms with van der Waals surface area (Å²) in [7, 11) is -7.35. The molecule has 0 fully saturated rings. The highest BCUT2D eigenvalue weighted by Crippen LogP contribution is 2.48. The van der Waals surface area contributed by atoms with Gasteiger partial charge in [-0.2, -0.15) is 10.5 Å². The lowest BCUT2D eigenvalue weighted by Gasteiger charge is -2.27. The van der Waals surface area contributed by atoms with E-state index in [-0.39, 0.29) is 62.1 Å². The zero-order valence-electron chi connectivity index (χ0n) is 25.2. The topological polar surface area (TPSA) is 249 Å². The zero-order valence-corrected chi connectivity index (χ0v) is 27.0. The zero-order chi connectivity index (χ0) is 34.2. The molecule has 47 heavy (non-hydrogen) atoms. The molecule has 2 unspecified atom stereocenters. The van der Waals surface area contributed by atoms with Crippen molar-refractivity contribution >= 4 is 61.6 Å². The van der Waals surface area contributed by atoms with E-state index in [1.54, 1.807) is 31.3 Å². The Bertz CT molecular complexity index is 1870. The fraction of sp³-hybridized carbons (Fsp3) is 0.321. The molecule has 0 radical (unpaired) electrons. The number of phosphoric ester groups is 1. The predicted octanol–water partition coefficient (Wildman–Crippen LogP) is 4.11. The molecule has 3 atom stereocenters. The maximum atomic E-state index is 13.0. The van der Waals surface area contributed by atoms with Crippen LogP contribution in [0.15, 0.2) is 47.2 Å². The summed E-state index contributed by atoms with van der Waals surface area (Å²) < 4.78 is 45.1. The molecule has 2 aromatic heterocycles. The summed E-state index contributed by atoms with van der Waals surface area (Å²) in [4.78, 5) is 51.5. The van der Waals surface area contributed by atoms with Crippen molar-refractivity contribution in [1.82, 2.24) is 9.88 Å². The van der Waals surface area contributed by atoms with Crippen LogP contribution in [0.4, 0.5) is 17.2 Å². The van der Waals surface area contributed by atoms with Crippen molar-refractivity contribution in [3.05, 3.63) is 53.9 Å². The number of rotatable bonds is 14. The highest BCUT2D eigenvalue weighted by Gasteiger charge is 2.44. The number of benzene rings is 1. The van der Waals surface area contributed by atoms with Crippen molar-refractivity contribution in [1.29, 1.82) is 10.5 Å². The van der Waals surface area contributed by atoms with Crippen molar-refractivity contribution in [2.45, 2.75) is 31.9 Å². The molecule has 0 spiro atoms. The third-order valence-corrected chi connectivity index (χ3v) is 8.84. The van der Waals surface area contributed by atoms with Gasteiger partial charge in [-0.15, -0.1) is 0 Å². The molecule has 0 saturated heterocycles. The molecule has 1 aliphatic heterocycles. The number of nitriles is 2. The number of nitrogens with one attached hydrogen (secondary N) is 3. The molecular weight excluding hydrogens is 656 g/mol. The second kappa shape index (κ2) is 14.9. The van der Waals surface area contributed by atoms with Gasteiger partial charge in [0.05, 0.1) is 62.4 Å². The summed E-state index contributed by atoms with van der Waals surface area (Å²) in [5.74, 6) is -0.988. The Hall–Kier alpha value is -4.57. The molecule has 19 heteroatoms. The van der Waals surface area contributed by atoms with Crippen LogP contribution in [0.2, 0.25) is 0 Å². The number of para-hydroxylation sites is 1. The standard InChI is InChI=1S/C28H31N7O10P2/c1-28(45-47(40,41)44-13-5-11-30)18-32-23-14-19(15-31-26(23)33-27(28)37)8-9-24(36)35(2)16-20-17-42-25-21(20)6-3-7-22(25)34-46(38,39)43-12-4-10-29/h3,6-9,14-15,17,32H,4-5,12-13,16,18H2,1-2H3,(H,40,41)(H,31,33,37)(H2,34,38,39)/b9-8+/t28-/m1/s1. The van der Waals surface area contributed by atoms with E-state index in [0.29, 0.717) is 22.2 Å². The van der Waals surface area contributed by atoms with Gasteiger partial charge in [0.1, 0.15) is 0 Å². The second-order valence-corrected chi connectivity index (χ2v) is 13.2. The van der Waals surface area contributed by atoms with Gasteiger partial charge in [0.25, 0.3) is 5.91 Å². The van der Waals surface area contributed by atoms with Crippen LogP contribution in [0.5, 0.6) is 0 Å². The molecule has 1 aliphatic rings. The minimum atomic E-state index is -4.67. The predicted molar refractivity (Wildman–Crippen MR) is 168 cm³/mol. The van der Waals surface area contributed by atoms with Crippen molar-refractivity contribution in [2.75, 3.05) is 42.5 Å². The lowest BCUT2D eigenvalue weighted by Crippen LogP contribution is -2.46. The normalized spacial score (nSPS) is 18.5. The largest absolute Gasteiger partial charge is 0.473 e. The maximum absolute atomic E-state index is 13.0. The molecule has 5 N–H and O–H groups in total. The molecule has 248 valence electrons. The number of furan rings is 1. The van der Waals surface area contributed by atoms with E-state index in [4.69, 9.17) is 28.5 Å². The first-order chi connectivity index (χ1) is 22.3. The molecule has 3 heterocycles. The van der Waals surface area contributed by atoms with Crippen LogP contribution >= 0.6 is 15.6 Å². The highest BCUT2D eigenvalue weighted by molar-refractivity contribution is 7.54. The second-order valence-electron chi connectivity index (χ2n) is 10.3. The Labute approximate surface area is 268 Å². The van der Waals surface area contributed by atoms with Crippen molar-refractivity contribution < 1.29 is 46.5 Å². The monoisotopic (exact) mass is 687 g/mol. The van der Waals surface area contributed by atoms with Crippen LogP contribution in [0, 0.1) is 22.7 Å². The molecule has 3 aromatic rings. The highest BCUT2D eigenvalue weighted by atomic mass is 31.2. The molecular formula is C28H31N7O10P2. The number of aromatic nitrogens is 1. The van der Waals surface area contributed by atoms with Gasteiger partial charge < -0.3 is 29.7 Å². The van der Waals surface area contributed by atoms with Crippen molar-refractivity contribution in [3.8, 4) is 12.1 Å². The van der Waals surface area contributed by atoms with E-state index < -0.39 is 27.1 Å². The summed E-state index contributed by atoms with van der Waals surface area (Å²) in [5, 5.41) is 25.7. The minimum Gasteiger partial charge on any atom is -0.462 e. The first kappa shape index (κ1) is 35.3.